The average Bonchev–Trinajstić information content (AvgIpc) is 2.40. The summed E-state index contributed by atoms with van der Waals surface area (Å²) >= 11 is 6.26. The van der Waals surface area contributed by atoms with Crippen molar-refractivity contribution in [2.75, 3.05) is 31.7 Å². The van der Waals surface area contributed by atoms with E-state index >= 15 is 0 Å². The Balaban J connectivity index is 2.01. The van der Waals surface area contributed by atoms with E-state index in [-0.39, 0.29) is 6.61 Å². The number of hydrogen-bond donors (Lipinski definition) is 1. The molecule has 4 heteroatoms. The summed E-state index contributed by atoms with van der Waals surface area (Å²) in [6, 6.07) is 5.78. The molecule has 1 aromatic rings. The highest BCUT2D eigenvalue weighted by Crippen LogP contribution is 2.30. The van der Waals surface area contributed by atoms with Gasteiger partial charge >= 0.3 is 0 Å². The molecule has 1 aliphatic heterocycles. The zero-order chi connectivity index (χ0) is 13.0. The molecule has 0 aliphatic carbocycles. The van der Waals surface area contributed by atoms with E-state index in [4.69, 9.17) is 21.4 Å². The van der Waals surface area contributed by atoms with Crippen LogP contribution in [0, 0.1) is 5.92 Å². The summed E-state index contributed by atoms with van der Waals surface area (Å²) in [6.07, 6.45) is 2.29. The molecule has 1 fully saturated rings. The first-order valence-electron chi connectivity index (χ1n) is 6.37. The van der Waals surface area contributed by atoms with Crippen LogP contribution in [-0.4, -0.2) is 31.9 Å². The van der Waals surface area contributed by atoms with Gasteiger partial charge < -0.3 is 14.7 Å². The molecule has 0 unspecified atom stereocenters. The zero-order valence-corrected chi connectivity index (χ0v) is 11.5. The summed E-state index contributed by atoms with van der Waals surface area (Å²) in [4.78, 5) is 2.32. The summed E-state index contributed by atoms with van der Waals surface area (Å²) in [6.45, 7) is 2.93. The van der Waals surface area contributed by atoms with E-state index in [0.717, 1.165) is 48.8 Å². The van der Waals surface area contributed by atoms with Gasteiger partial charge in [-0.3, -0.25) is 0 Å². The van der Waals surface area contributed by atoms with Crippen molar-refractivity contribution in [3.8, 4) is 0 Å². The smallest absolute Gasteiger partial charge is 0.0682 e. The minimum Gasteiger partial charge on any atom is -0.392 e. The lowest BCUT2D eigenvalue weighted by Gasteiger charge is -2.34. The minimum atomic E-state index is 0.0376. The predicted octanol–water partition coefficient (Wildman–Crippen LogP) is 2.70. The van der Waals surface area contributed by atoms with Crippen molar-refractivity contribution in [2.24, 2.45) is 5.92 Å². The summed E-state index contributed by atoms with van der Waals surface area (Å²) in [5, 5.41) is 9.80. The lowest BCUT2D eigenvalue weighted by molar-refractivity contribution is 0.139. The largest absolute Gasteiger partial charge is 0.392 e. The Morgan fingerprint density at radius 1 is 1.39 bits per heavy atom. The van der Waals surface area contributed by atoms with Crippen molar-refractivity contribution in [3.05, 3.63) is 28.8 Å². The molecule has 2 rings (SSSR count). The molecule has 18 heavy (non-hydrogen) atoms. The summed E-state index contributed by atoms with van der Waals surface area (Å²) in [5.41, 5.74) is 1.93. The SMILES string of the molecule is COCC1CCN(c2ccc(CO)cc2Cl)CC1. The molecule has 0 radical (unpaired) electrons. The molecule has 0 saturated carbocycles. The van der Waals surface area contributed by atoms with Crippen LogP contribution >= 0.6 is 11.6 Å². The van der Waals surface area contributed by atoms with E-state index in [1.165, 1.54) is 0 Å². The first kappa shape index (κ1) is 13.7. The topological polar surface area (TPSA) is 32.7 Å². The number of methoxy groups -OCH3 is 1. The van der Waals surface area contributed by atoms with Crippen molar-refractivity contribution >= 4 is 17.3 Å². The van der Waals surface area contributed by atoms with E-state index in [1.807, 2.05) is 18.2 Å². The van der Waals surface area contributed by atoms with Gasteiger partial charge in [-0.15, -0.1) is 0 Å². The number of aliphatic hydroxyl groups excluding tert-OH is 1. The molecule has 0 spiro atoms. The number of nitrogens with zero attached hydrogens (tertiary/aromatic N) is 1. The van der Waals surface area contributed by atoms with E-state index in [9.17, 15) is 0 Å². The monoisotopic (exact) mass is 269 g/mol. The molecule has 1 aliphatic rings. The molecule has 1 saturated heterocycles. The number of aliphatic hydroxyl groups is 1. The lowest BCUT2D eigenvalue weighted by atomic mass is 9.97. The van der Waals surface area contributed by atoms with Crippen LogP contribution < -0.4 is 4.90 Å². The van der Waals surface area contributed by atoms with Crippen LogP contribution in [0.3, 0.4) is 0 Å². The second-order valence-corrected chi connectivity index (χ2v) is 5.24. The molecular weight excluding hydrogens is 250 g/mol. The van der Waals surface area contributed by atoms with Crippen molar-refractivity contribution in [1.29, 1.82) is 0 Å². The van der Waals surface area contributed by atoms with Gasteiger partial charge in [-0.2, -0.15) is 0 Å². The van der Waals surface area contributed by atoms with Crippen LogP contribution in [0.1, 0.15) is 18.4 Å². The highest BCUT2D eigenvalue weighted by atomic mass is 35.5. The molecular formula is C14H20ClNO2. The minimum absolute atomic E-state index is 0.0376. The van der Waals surface area contributed by atoms with Gasteiger partial charge in [0.15, 0.2) is 0 Å². The number of rotatable bonds is 4. The Hall–Kier alpha value is -0.770. The fourth-order valence-electron chi connectivity index (χ4n) is 2.48. The first-order chi connectivity index (χ1) is 8.74. The Morgan fingerprint density at radius 2 is 2.11 bits per heavy atom. The van der Waals surface area contributed by atoms with Gasteiger partial charge in [0.2, 0.25) is 0 Å². The van der Waals surface area contributed by atoms with Gasteiger partial charge in [-0.05, 0) is 36.5 Å². The van der Waals surface area contributed by atoms with Crippen LogP contribution in [0.5, 0.6) is 0 Å². The van der Waals surface area contributed by atoms with E-state index in [1.54, 1.807) is 7.11 Å². The second-order valence-electron chi connectivity index (χ2n) is 4.83. The molecule has 0 aromatic heterocycles. The Morgan fingerprint density at radius 3 is 2.67 bits per heavy atom. The Bertz CT molecular complexity index is 389. The van der Waals surface area contributed by atoms with Gasteiger partial charge in [-0.1, -0.05) is 17.7 Å². The number of anilines is 1. The van der Waals surface area contributed by atoms with Crippen LogP contribution in [0.15, 0.2) is 18.2 Å². The lowest BCUT2D eigenvalue weighted by Crippen LogP contribution is -2.35. The third kappa shape index (κ3) is 3.16. The average molecular weight is 270 g/mol. The number of benzene rings is 1. The number of hydrogen-bond acceptors (Lipinski definition) is 3. The van der Waals surface area contributed by atoms with Gasteiger partial charge in [0.05, 0.1) is 17.3 Å². The third-order valence-corrected chi connectivity index (χ3v) is 3.85. The van der Waals surface area contributed by atoms with Gasteiger partial charge in [0.1, 0.15) is 0 Å². The molecule has 100 valence electrons. The summed E-state index contributed by atoms with van der Waals surface area (Å²) in [7, 11) is 1.76. The van der Waals surface area contributed by atoms with Gasteiger partial charge in [-0.25, -0.2) is 0 Å². The first-order valence-corrected chi connectivity index (χ1v) is 6.75. The number of ether oxygens (including phenoxy) is 1. The van der Waals surface area contributed by atoms with Gasteiger partial charge in [0.25, 0.3) is 0 Å². The fourth-order valence-corrected chi connectivity index (χ4v) is 2.80. The fraction of sp³-hybridized carbons (Fsp3) is 0.571. The quantitative estimate of drug-likeness (QED) is 0.912. The van der Waals surface area contributed by atoms with Crippen LogP contribution in [-0.2, 0) is 11.3 Å². The maximum absolute atomic E-state index is 9.07. The van der Waals surface area contributed by atoms with Crippen LogP contribution in [0.25, 0.3) is 0 Å². The molecule has 0 bridgehead atoms. The Kier molecular flexibility index (Phi) is 4.87. The normalized spacial score (nSPS) is 17.2. The second kappa shape index (κ2) is 6.41. The Labute approximate surface area is 113 Å². The number of halogens is 1. The molecule has 1 N–H and O–H groups in total. The van der Waals surface area contributed by atoms with Crippen LogP contribution in [0.4, 0.5) is 5.69 Å². The highest BCUT2D eigenvalue weighted by molar-refractivity contribution is 6.33. The van der Waals surface area contributed by atoms with E-state index < -0.39 is 0 Å². The third-order valence-electron chi connectivity index (χ3n) is 3.55. The van der Waals surface area contributed by atoms with Crippen molar-refractivity contribution in [2.45, 2.75) is 19.4 Å². The van der Waals surface area contributed by atoms with Gasteiger partial charge in [0, 0.05) is 26.8 Å². The summed E-state index contributed by atoms with van der Waals surface area (Å²) in [5.74, 6) is 0.668. The highest BCUT2D eigenvalue weighted by Gasteiger charge is 2.20. The maximum Gasteiger partial charge on any atom is 0.0682 e. The van der Waals surface area contributed by atoms with Crippen molar-refractivity contribution < 1.29 is 9.84 Å². The predicted molar refractivity (Wildman–Crippen MR) is 74.2 cm³/mol. The van der Waals surface area contributed by atoms with Crippen LogP contribution in [0.2, 0.25) is 5.02 Å². The maximum atomic E-state index is 9.07. The van der Waals surface area contributed by atoms with Crippen molar-refractivity contribution in [1.82, 2.24) is 0 Å². The summed E-state index contributed by atoms with van der Waals surface area (Å²) < 4.78 is 5.20. The molecule has 1 heterocycles. The molecule has 0 atom stereocenters. The molecule has 3 nitrogen and oxygen atoms in total. The van der Waals surface area contributed by atoms with E-state index in [0.29, 0.717) is 5.92 Å². The number of piperidine rings is 1. The molecule has 1 aromatic carbocycles. The van der Waals surface area contributed by atoms with E-state index in [2.05, 4.69) is 4.90 Å². The zero-order valence-electron chi connectivity index (χ0n) is 10.7. The van der Waals surface area contributed by atoms with Crippen molar-refractivity contribution in [3.63, 3.8) is 0 Å². The standard InChI is InChI=1S/C14H20ClNO2/c1-18-10-11-4-6-16(7-5-11)14-3-2-12(9-17)8-13(14)15/h2-3,8,11,17H,4-7,9-10H2,1H3. The molecule has 0 amide bonds.